The summed E-state index contributed by atoms with van der Waals surface area (Å²) in [6, 6.07) is 7.12. The molecule has 3 aromatic rings. The van der Waals surface area contributed by atoms with E-state index in [2.05, 4.69) is 15.4 Å². The third kappa shape index (κ3) is 2.30. The topological polar surface area (TPSA) is 80.0 Å². The highest BCUT2D eigenvalue weighted by Gasteiger charge is 2.17. The second kappa shape index (κ2) is 5.06. The fourth-order valence-corrected chi connectivity index (χ4v) is 2.27. The number of fused-ring (bicyclic) bond motifs is 1. The zero-order valence-electron chi connectivity index (χ0n) is 11.0. The first-order valence-electron chi connectivity index (χ1n) is 6.13. The van der Waals surface area contributed by atoms with E-state index >= 15 is 0 Å². The molecular weight excluding hydrogens is 292 g/mol. The number of aromatic nitrogens is 3. The van der Waals surface area contributed by atoms with Gasteiger partial charge in [-0.05, 0) is 12.1 Å². The number of carboxylic acids is 1. The molecule has 0 amide bonds. The van der Waals surface area contributed by atoms with E-state index < -0.39 is 5.97 Å². The van der Waals surface area contributed by atoms with Crippen molar-refractivity contribution >= 4 is 40.0 Å². The van der Waals surface area contributed by atoms with Gasteiger partial charge in [0.2, 0.25) is 0 Å². The number of carbonyl (C=O) groups is 1. The van der Waals surface area contributed by atoms with Gasteiger partial charge in [0.15, 0.2) is 5.65 Å². The monoisotopic (exact) mass is 302 g/mol. The average molecular weight is 303 g/mol. The lowest BCUT2D eigenvalue weighted by Gasteiger charge is -2.11. The van der Waals surface area contributed by atoms with Gasteiger partial charge in [-0.1, -0.05) is 23.7 Å². The van der Waals surface area contributed by atoms with Crippen molar-refractivity contribution < 1.29 is 9.90 Å². The Morgan fingerprint density at radius 1 is 1.33 bits per heavy atom. The molecule has 0 aliphatic heterocycles. The molecule has 106 valence electrons. The minimum atomic E-state index is -1.07. The summed E-state index contributed by atoms with van der Waals surface area (Å²) in [5.41, 5.74) is 1.71. The van der Waals surface area contributed by atoms with Crippen molar-refractivity contribution in [2.45, 2.75) is 0 Å². The van der Waals surface area contributed by atoms with Crippen LogP contribution in [0.2, 0.25) is 5.02 Å². The maximum Gasteiger partial charge on any atom is 0.339 e. The molecule has 0 aliphatic carbocycles. The molecule has 0 saturated heterocycles. The third-order valence-corrected chi connectivity index (χ3v) is 3.46. The van der Waals surface area contributed by atoms with Gasteiger partial charge < -0.3 is 10.4 Å². The van der Waals surface area contributed by atoms with Crippen molar-refractivity contribution in [2.75, 3.05) is 5.32 Å². The summed E-state index contributed by atoms with van der Waals surface area (Å²) >= 11 is 6.12. The van der Waals surface area contributed by atoms with Crippen LogP contribution in [0.15, 0.2) is 36.7 Å². The third-order valence-electron chi connectivity index (χ3n) is 3.13. The van der Waals surface area contributed by atoms with Gasteiger partial charge in [-0.15, -0.1) is 0 Å². The maximum absolute atomic E-state index is 11.4. The van der Waals surface area contributed by atoms with Crippen molar-refractivity contribution in [1.82, 2.24) is 14.8 Å². The molecule has 0 saturated carbocycles. The van der Waals surface area contributed by atoms with Crippen LogP contribution in [-0.2, 0) is 7.05 Å². The van der Waals surface area contributed by atoms with E-state index in [1.165, 1.54) is 6.20 Å². The molecule has 21 heavy (non-hydrogen) atoms. The summed E-state index contributed by atoms with van der Waals surface area (Å²) in [4.78, 5) is 15.5. The van der Waals surface area contributed by atoms with Crippen LogP contribution < -0.4 is 5.32 Å². The van der Waals surface area contributed by atoms with E-state index in [-0.39, 0.29) is 5.56 Å². The summed E-state index contributed by atoms with van der Waals surface area (Å²) in [5, 5.41) is 17.6. The van der Waals surface area contributed by atoms with Crippen LogP contribution in [0.25, 0.3) is 11.0 Å². The van der Waals surface area contributed by atoms with Crippen molar-refractivity contribution in [3.8, 4) is 0 Å². The number of nitrogens with one attached hydrogen (secondary N) is 1. The van der Waals surface area contributed by atoms with E-state index in [1.54, 1.807) is 36.1 Å². The van der Waals surface area contributed by atoms with Crippen LogP contribution in [0.3, 0.4) is 0 Å². The van der Waals surface area contributed by atoms with Gasteiger partial charge in [0.05, 0.1) is 28.0 Å². The minimum Gasteiger partial charge on any atom is -0.478 e. The van der Waals surface area contributed by atoms with Gasteiger partial charge in [-0.25, -0.2) is 9.78 Å². The summed E-state index contributed by atoms with van der Waals surface area (Å²) in [7, 11) is 1.75. The molecule has 2 aromatic heterocycles. The fraction of sp³-hybridized carbons (Fsp3) is 0.0714. The lowest BCUT2D eigenvalue weighted by atomic mass is 10.1. The van der Waals surface area contributed by atoms with Crippen LogP contribution in [0.5, 0.6) is 0 Å². The number of para-hydroxylation sites is 1. The number of pyridine rings is 1. The quantitative estimate of drug-likeness (QED) is 0.777. The number of hydrogen-bond donors (Lipinski definition) is 2. The Balaban J connectivity index is 2.21. The number of rotatable bonds is 3. The minimum absolute atomic E-state index is 0.0652. The molecule has 0 aliphatic rings. The predicted octanol–water partition coefficient (Wildman–Crippen LogP) is 3.06. The Labute approximate surface area is 125 Å². The lowest BCUT2D eigenvalue weighted by molar-refractivity contribution is 0.0697. The highest BCUT2D eigenvalue weighted by molar-refractivity contribution is 6.33. The highest BCUT2D eigenvalue weighted by atomic mass is 35.5. The lowest BCUT2D eigenvalue weighted by Crippen LogP contribution is -2.05. The Bertz CT molecular complexity index is 844. The second-order valence-corrected chi connectivity index (χ2v) is 4.87. The largest absolute Gasteiger partial charge is 0.478 e. The van der Waals surface area contributed by atoms with Crippen LogP contribution >= 0.6 is 11.6 Å². The molecule has 0 spiro atoms. The number of halogens is 1. The standard InChI is InChI=1S/C14H11ClN4O2/c1-19-13-8(7-17-19)12(9(6-16-13)14(20)21)18-11-5-3-2-4-10(11)15/h2-7H,1H3,(H,16,18)(H,20,21). The molecule has 2 heterocycles. The number of anilines is 2. The zero-order valence-corrected chi connectivity index (χ0v) is 11.8. The number of carboxylic acid groups (broad SMARTS) is 1. The van der Waals surface area contributed by atoms with Crippen molar-refractivity contribution in [1.29, 1.82) is 0 Å². The maximum atomic E-state index is 11.4. The van der Waals surface area contributed by atoms with E-state index in [9.17, 15) is 9.90 Å². The highest BCUT2D eigenvalue weighted by Crippen LogP contribution is 2.31. The first kappa shape index (κ1) is 13.4. The summed E-state index contributed by atoms with van der Waals surface area (Å²) < 4.78 is 1.58. The van der Waals surface area contributed by atoms with Crippen LogP contribution in [-0.4, -0.2) is 25.8 Å². The fourth-order valence-electron chi connectivity index (χ4n) is 2.09. The Morgan fingerprint density at radius 3 is 2.81 bits per heavy atom. The van der Waals surface area contributed by atoms with Crippen molar-refractivity contribution in [3.63, 3.8) is 0 Å². The molecule has 0 bridgehead atoms. The van der Waals surface area contributed by atoms with Crippen molar-refractivity contribution in [3.05, 3.63) is 47.2 Å². The van der Waals surface area contributed by atoms with E-state index in [0.717, 1.165) is 0 Å². The van der Waals surface area contributed by atoms with Crippen LogP contribution in [0.1, 0.15) is 10.4 Å². The predicted molar refractivity (Wildman–Crippen MR) is 80.2 cm³/mol. The van der Waals surface area contributed by atoms with Gasteiger partial charge in [0.1, 0.15) is 5.56 Å². The number of hydrogen-bond acceptors (Lipinski definition) is 4. The first-order valence-corrected chi connectivity index (χ1v) is 6.51. The molecule has 1 aromatic carbocycles. The molecule has 0 fully saturated rings. The molecule has 7 heteroatoms. The smallest absolute Gasteiger partial charge is 0.339 e. The molecule has 3 rings (SSSR count). The van der Waals surface area contributed by atoms with E-state index in [4.69, 9.17) is 11.6 Å². The molecule has 2 N–H and O–H groups in total. The van der Waals surface area contributed by atoms with E-state index in [0.29, 0.717) is 27.4 Å². The second-order valence-electron chi connectivity index (χ2n) is 4.46. The SMILES string of the molecule is Cn1ncc2c(Nc3ccccc3Cl)c(C(=O)O)cnc21. The number of aromatic carboxylic acids is 1. The molecular formula is C14H11ClN4O2. The zero-order chi connectivity index (χ0) is 15.0. The summed E-state index contributed by atoms with van der Waals surface area (Å²) in [5.74, 6) is -1.07. The Hall–Kier alpha value is -2.60. The number of benzene rings is 1. The van der Waals surface area contributed by atoms with Gasteiger partial charge in [-0.3, -0.25) is 4.68 Å². The van der Waals surface area contributed by atoms with Crippen LogP contribution in [0.4, 0.5) is 11.4 Å². The number of nitrogens with zero attached hydrogens (tertiary/aromatic N) is 3. The van der Waals surface area contributed by atoms with Gasteiger partial charge >= 0.3 is 5.97 Å². The Kier molecular flexibility index (Phi) is 3.23. The summed E-state index contributed by atoms with van der Waals surface area (Å²) in [6.07, 6.45) is 2.89. The normalized spacial score (nSPS) is 10.8. The van der Waals surface area contributed by atoms with Gasteiger partial charge in [-0.2, -0.15) is 5.10 Å². The Morgan fingerprint density at radius 2 is 2.10 bits per heavy atom. The average Bonchev–Trinajstić information content (AvgIpc) is 2.83. The molecule has 0 unspecified atom stereocenters. The van der Waals surface area contributed by atoms with Gasteiger partial charge in [0, 0.05) is 13.2 Å². The molecule has 0 atom stereocenters. The number of aryl methyl sites for hydroxylation is 1. The van der Waals surface area contributed by atoms with Crippen LogP contribution in [0, 0.1) is 0 Å². The van der Waals surface area contributed by atoms with Crippen molar-refractivity contribution in [2.24, 2.45) is 7.05 Å². The summed E-state index contributed by atoms with van der Waals surface area (Å²) in [6.45, 7) is 0. The molecule has 6 nitrogen and oxygen atoms in total. The first-order chi connectivity index (χ1) is 10.1. The van der Waals surface area contributed by atoms with E-state index in [1.807, 2.05) is 6.07 Å². The van der Waals surface area contributed by atoms with Gasteiger partial charge in [0.25, 0.3) is 0 Å². The molecule has 0 radical (unpaired) electrons.